The van der Waals surface area contributed by atoms with E-state index in [4.69, 9.17) is 10.6 Å². The van der Waals surface area contributed by atoms with E-state index >= 15 is 0 Å². The number of hydrogen-bond acceptors (Lipinski definition) is 4. The van der Waals surface area contributed by atoms with Gasteiger partial charge in [0.15, 0.2) is 0 Å². The molecular formula is C13H20N2OS. The summed E-state index contributed by atoms with van der Waals surface area (Å²) < 4.78 is 5.09. The van der Waals surface area contributed by atoms with E-state index in [0.717, 1.165) is 25.9 Å². The minimum atomic E-state index is 0.363. The Morgan fingerprint density at radius 3 is 3.06 bits per heavy atom. The van der Waals surface area contributed by atoms with Gasteiger partial charge in [0.1, 0.15) is 0 Å². The lowest BCUT2D eigenvalue weighted by Crippen LogP contribution is -2.42. The van der Waals surface area contributed by atoms with E-state index in [1.165, 1.54) is 10.5 Å². The molecule has 0 saturated carbocycles. The number of hydrogen-bond donors (Lipinski definition) is 2. The van der Waals surface area contributed by atoms with Crippen LogP contribution < -0.4 is 11.3 Å². The highest BCUT2D eigenvalue weighted by Crippen LogP contribution is 2.38. The molecule has 1 heterocycles. The molecule has 0 radical (unpaired) electrons. The first kappa shape index (κ1) is 12.9. The maximum absolute atomic E-state index is 5.67. The predicted molar refractivity (Wildman–Crippen MR) is 72.0 cm³/mol. The second-order valence-electron chi connectivity index (χ2n) is 4.38. The van der Waals surface area contributed by atoms with Crippen LogP contribution in [0.3, 0.4) is 0 Å². The van der Waals surface area contributed by atoms with Gasteiger partial charge >= 0.3 is 0 Å². The molecule has 0 saturated heterocycles. The molecule has 0 aliphatic carbocycles. The molecule has 94 valence electrons. The zero-order chi connectivity index (χ0) is 12.1. The van der Waals surface area contributed by atoms with Crippen molar-refractivity contribution in [2.24, 2.45) is 5.84 Å². The monoisotopic (exact) mass is 252 g/mol. The predicted octanol–water partition coefficient (Wildman–Crippen LogP) is 1.96. The van der Waals surface area contributed by atoms with Crippen molar-refractivity contribution in [3.05, 3.63) is 29.8 Å². The van der Waals surface area contributed by atoms with E-state index in [1.807, 2.05) is 11.8 Å². The van der Waals surface area contributed by atoms with E-state index in [2.05, 4.69) is 29.7 Å². The zero-order valence-corrected chi connectivity index (χ0v) is 11.0. The molecule has 1 aromatic rings. The van der Waals surface area contributed by atoms with Gasteiger partial charge in [-0.25, -0.2) is 0 Å². The fraction of sp³-hybridized carbons (Fsp3) is 0.538. The maximum atomic E-state index is 5.67. The largest absolute Gasteiger partial charge is 0.385 e. The van der Waals surface area contributed by atoms with Gasteiger partial charge in [0.25, 0.3) is 0 Å². The lowest BCUT2D eigenvalue weighted by atomic mass is 10.0. The van der Waals surface area contributed by atoms with Crippen molar-refractivity contribution in [3.8, 4) is 0 Å². The van der Waals surface area contributed by atoms with Crippen molar-refractivity contribution >= 4 is 11.8 Å². The number of fused-ring (bicyclic) bond motifs is 1. The normalized spacial score (nSPS) is 20.2. The summed E-state index contributed by atoms with van der Waals surface area (Å²) >= 11 is 1.94. The molecule has 1 aliphatic rings. The molecule has 0 bridgehead atoms. The molecule has 2 rings (SSSR count). The van der Waals surface area contributed by atoms with E-state index in [-0.39, 0.29) is 0 Å². The van der Waals surface area contributed by atoms with Gasteiger partial charge in [-0.15, -0.1) is 11.8 Å². The molecule has 1 aromatic carbocycles. The number of rotatable bonds is 6. The minimum Gasteiger partial charge on any atom is -0.385 e. The Labute approximate surface area is 107 Å². The molecule has 2 atom stereocenters. The van der Waals surface area contributed by atoms with E-state index in [9.17, 15) is 0 Å². The fourth-order valence-corrected chi connectivity index (χ4v) is 3.69. The van der Waals surface area contributed by atoms with Crippen LogP contribution in [0.25, 0.3) is 0 Å². The van der Waals surface area contributed by atoms with Crippen LogP contribution in [0.15, 0.2) is 29.2 Å². The number of nitrogens with two attached hydrogens (primary N) is 1. The SMILES string of the molecule is COCCCC(NN)C1Cc2ccccc2S1. The van der Waals surface area contributed by atoms with Gasteiger partial charge in [-0.05, 0) is 30.9 Å². The van der Waals surface area contributed by atoms with Crippen LogP contribution in [0.4, 0.5) is 0 Å². The molecule has 3 nitrogen and oxygen atoms in total. The van der Waals surface area contributed by atoms with E-state index in [1.54, 1.807) is 7.11 Å². The smallest absolute Gasteiger partial charge is 0.0462 e. The van der Waals surface area contributed by atoms with Crippen molar-refractivity contribution in [1.82, 2.24) is 5.43 Å². The molecule has 0 aromatic heterocycles. The van der Waals surface area contributed by atoms with E-state index in [0.29, 0.717) is 11.3 Å². The standard InChI is InChI=1S/C13H20N2OS/c1-16-8-4-6-11(15-14)13-9-10-5-2-3-7-12(10)17-13/h2-3,5,7,11,13,15H,4,6,8-9,14H2,1H3. The first-order valence-electron chi connectivity index (χ1n) is 6.04. The highest BCUT2D eigenvalue weighted by atomic mass is 32.2. The van der Waals surface area contributed by atoms with Gasteiger partial charge < -0.3 is 4.74 Å². The van der Waals surface area contributed by atoms with Gasteiger partial charge in [0, 0.05) is 29.9 Å². The van der Waals surface area contributed by atoms with Gasteiger partial charge in [-0.3, -0.25) is 11.3 Å². The average Bonchev–Trinajstić information content (AvgIpc) is 2.78. The summed E-state index contributed by atoms with van der Waals surface area (Å²) in [4.78, 5) is 1.41. The highest BCUT2D eigenvalue weighted by molar-refractivity contribution is 8.00. The Morgan fingerprint density at radius 1 is 1.53 bits per heavy atom. The van der Waals surface area contributed by atoms with Crippen molar-refractivity contribution in [2.75, 3.05) is 13.7 Å². The molecule has 0 amide bonds. The van der Waals surface area contributed by atoms with E-state index < -0.39 is 0 Å². The Kier molecular flexibility index (Phi) is 4.86. The second kappa shape index (κ2) is 6.40. The third-order valence-electron chi connectivity index (χ3n) is 3.20. The third-order valence-corrected chi connectivity index (χ3v) is 4.65. The number of benzene rings is 1. The summed E-state index contributed by atoms with van der Waals surface area (Å²) in [6.45, 7) is 0.808. The van der Waals surface area contributed by atoms with Crippen LogP contribution in [0.5, 0.6) is 0 Å². The Morgan fingerprint density at radius 2 is 2.35 bits per heavy atom. The van der Waals surface area contributed by atoms with Crippen molar-refractivity contribution in [1.29, 1.82) is 0 Å². The number of methoxy groups -OCH3 is 1. The average molecular weight is 252 g/mol. The summed E-state index contributed by atoms with van der Waals surface area (Å²) in [5, 5.41) is 0.550. The molecule has 1 aliphatic heterocycles. The second-order valence-corrected chi connectivity index (χ2v) is 5.66. The van der Waals surface area contributed by atoms with Gasteiger partial charge in [0.2, 0.25) is 0 Å². The highest BCUT2D eigenvalue weighted by Gasteiger charge is 2.28. The van der Waals surface area contributed by atoms with Crippen LogP contribution in [0, 0.1) is 0 Å². The Hall–Kier alpha value is -0.550. The third kappa shape index (κ3) is 3.22. The molecule has 17 heavy (non-hydrogen) atoms. The summed E-state index contributed by atoms with van der Waals surface area (Å²) in [7, 11) is 1.74. The van der Waals surface area contributed by atoms with Gasteiger partial charge in [0.05, 0.1) is 0 Å². The Bertz CT molecular complexity index is 334. The first-order chi connectivity index (χ1) is 8.35. The van der Waals surface area contributed by atoms with Crippen molar-refractivity contribution in [3.63, 3.8) is 0 Å². The van der Waals surface area contributed by atoms with Crippen LogP contribution in [-0.4, -0.2) is 25.0 Å². The summed E-state index contributed by atoms with van der Waals surface area (Å²) in [6, 6.07) is 8.98. The number of hydrazine groups is 1. The molecule has 4 heteroatoms. The summed E-state index contributed by atoms with van der Waals surface area (Å²) in [5.74, 6) is 5.67. The van der Waals surface area contributed by atoms with Crippen LogP contribution in [0.2, 0.25) is 0 Å². The number of thioether (sulfide) groups is 1. The lowest BCUT2D eigenvalue weighted by molar-refractivity contribution is 0.188. The molecule has 0 spiro atoms. The van der Waals surface area contributed by atoms with Crippen LogP contribution in [-0.2, 0) is 11.2 Å². The first-order valence-corrected chi connectivity index (χ1v) is 6.92. The number of nitrogens with one attached hydrogen (secondary N) is 1. The minimum absolute atomic E-state index is 0.363. The Balaban J connectivity index is 1.91. The van der Waals surface area contributed by atoms with Crippen molar-refractivity contribution in [2.45, 2.75) is 35.4 Å². The fourth-order valence-electron chi connectivity index (χ4n) is 2.26. The van der Waals surface area contributed by atoms with Crippen molar-refractivity contribution < 1.29 is 4.74 Å². The van der Waals surface area contributed by atoms with Crippen LogP contribution in [0.1, 0.15) is 18.4 Å². The molecule has 0 fully saturated rings. The summed E-state index contributed by atoms with van der Waals surface area (Å²) in [5.41, 5.74) is 4.41. The summed E-state index contributed by atoms with van der Waals surface area (Å²) in [6.07, 6.45) is 3.23. The zero-order valence-electron chi connectivity index (χ0n) is 10.2. The quantitative estimate of drug-likeness (QED) is 0.461. The molecule has 3 N–H and O–H groups in total. The topological polar surface area (TPSA) is 47.3 Å². The molecular weight excluding hydrogens is 232 g/mol. The maximum Gasteiger partial charge on any atom is 0.0462 e. The van der Waals surface area contributed by atoms with Gasteiger partial charge in [-0.2, -0.15) is 0 Å². The lowest BCUT2D eigenvalue weighted by Gasteiger charge is -2.21. The van der Waals surface area contributed by atoms with Crippen LogP contribution >= 0.6 is 11.8 Å². The van der Waals surface area contributed by atoms with Gasteiger partial charge in [-0.1, -0.05) is 18.2 Å². The molecule has 2 unspecified atom stereocenters. The number of ether oxygens (including phenoxy) is 1.